The number of carbonyl (C=O) groups excluding carboxylic acids is 1. The van der Waals surface area contributed by atoms with Gasteiger partial charge in [-0.1, -0.05) is 32.0 Å². The van der Waals surface area contributed by atoms with Crippen LogP contribution in [0.15, 0.2) is 52.7 Å². The van der Waals surface area contributed by atoms with Crippen molar-refractivity contribution in [1.29, 1.82) is 5.26 Å². The molecule has 164 valence electrons. The molecule has 0 saturated carbocycles. The van der Waals surface area contributed by atoms with Gasteiger partial charge in [-0.2, -0.15) is 15.5 Å². The molecule has 4 rings (SSSR count). The van der Waals surface area contributed by atoms with Crippen molar-refractivity contribution < 1.29 is 4.79 Å². The summed E-state index contributed by atoms with van der Waals surface area (Å²) in [4.78, 5) is 15.2. The number of carbonyl (C=O) groups is 1. The topological polar surface area (TPSA) is 68.8 Å². The molecule has 2 heterocycles. The van der Waals surface area contributed by atoms with Crippen LogP contribution in [0.4, 0.5) is 0 Å². The average Bonchev–Trinajstić information content (AvgIpc) is 3.29. The van der Waals surface area contributed by atoms with Crippen molar-refractivity contribution in [2.24, 2.45) is 16.1 Å². The van der Waals surface area contributed by atoms with E-state index in [1.807, 2.05) is 47.4 Å². The molecule has 0 atom stereocenters. The van der Waals surface area contributed by atoms with E-state index in [0.717, 1.165) is 61.3 Å². The maximum atomic E-state index is 13.2. The lowest BCUT2D eigenvalue weighted by Gasteiger charge is -2.32. The van der Waals surface area contributed by atoms with Gasteiger partial charge in [0.25, 0.3) is 5.91 Å². The van der Waals surface area contributed by atoms with E-state index in [9.17, 15) is 4.79 Å². The van der Waals surface area contributed by atoms with Crippen molar-refractivity contribution in [2.75, 3.05) is 13.1 Å². The molecule has 0 aromatic heterocycles. The molecule has 1 fully saturated rings. The Labute approximate surface area is 190 Å². The lowest BCUT2D eigenvalue weighted by molar-refractivity contribution is 0.0713. The van der Waals surface area contributed by atoms with E-state index in [1.54, 1.807) is 0 Å². The summed E-state index contributed by atoms with van der Waals surface area (Å²) in [5, 5.41) is 17.7. The molecule has 0 spiro atoms. The maximum Gasteiger partial charge on any atom is 0.253 e. The van der Waals surface area contributed by atoms with E-state index in [1.165, 1.54) is 11.1 Å². The first-order valence-electron chi connectivity index (χ1n) is 11.5. The standard InChI is InChI=1S/C27H30N4O/c1-18(2)26-16-25(29-30-26)15-24-14-23(7-4-19(24)3)27(32)31-12-10-22(11-13-31)21-8-5-20(17-28)6-9-21/h4-9,14,18,22H,10-13,15-16H2,1-3H3. The first kappa shape index (κ1) is 22.0. The minimum Gasteiger partial charge on any atom is -0.339 e. The van der Waals surface area contributed by atoms with Crippen molar-refractivity contribution >= 4 is 17.3 Å². The van der Waals surface area contributed by atoms with Crippen molar-refractivity contribution in [2.45, 2.75) is 52.4 Å². The monoisotopic (exact) mass is 426 g/mol. The summed E-state index contributed by atoms with van der Waals surface area (Å²) in [6, 6.07) is 16.1. The summed E-state index contributed by atoms with van der Waals surface area (Å²) in [6.07, 6.45) is 3.47. The minimum atomic E-state index is 0.108. The van der Waals surface area contributed by atoms with Gasteiger partial charge in [-0.15, -0.1) is 0 Å². The normalized spacial score (nSPS) is 16.7. The third-order valence-corrected chi connectivity index (χ3v) is 6.66. The number of rotatable bonds is 5. The van der Waals surface area contributed by atoms with Crippen molar-refractivity contribution in [3.05, 3.63) is 70.3 Å². The highest BCUT2D eigenvalue weighted by molar-refractivity contribution is 6.09. The van der Waals surface area contributed by atoms with Gasteiger partial charge < -0.3 is 4.90 Å². The smallest absolute Gasteiger partial charge is 0.253 e. The first-order valence-corrected chi connectivity index (χ1v) is 11.5. The zero-order valence-electron chi connectivity index (χ0n) is 19.1. The van der Waals surface area contributed by atoms with Gasteiger partial charge in [0, 0.05) is 37.2 Å². The van der Waals surface area contributed by atoms with E-state index >= 15 is 0 Å². The molecule has 2 aliphatic rings. The second kappa shape index (κ2) is 9.48. The van der Waals surface area contributed by atoms with Gasteiger partial charge in [-0.05, 0) is 72.6 Å². The molecule has 0 N–H and O–H groups in total. The van der Waals surface area contributed by atoms with Crippen LogP contribution in [0.1, 0.15) is 71.6 Å². The predicted molar refractivity (Wildman–Crippen MR) is 128 cm³/mol. The summed E-state index contributed by atoms with van der Waals surface area (Å²) in [5.74, 6) is 0.963. The zero-order chi connectivity index (χ0) is 22.7. The van der Waals surface area contributed by atoms with Crippen molar-refractivity contribution in [3.8, 4) is 6.07 Å². The number of likely N-dealkylation sites (tertiary alicyclic amines) is 1. The first-order chi connectivity index (χ1) is 15.4. The number of nitriles is 1. The van der Waals surface area contributed by atoms with Crippen molar-refractivity contribution in [3.63, 3.8) is 0 Å². The largest absolute Gasteiger partial charge is 0.339 e. The van der Waals surface area contributed by atoms with Crippen LogP contribution in [0.5, 0.6) is 0 Å². The molecule has 0 bridgehead atoms. The summed E-state index contributed by atoms with van der Waals surface area (Å²) in [7, 11) is 0. The molecular weight excluding hydrogens is 396 g/mol. The molecule has 2 aliphatic heterocycles. The van der Waals surface area contributed by atoms with Gasteiger partial charge in [0.1, 0.15) is 0 Å². The molecule has 32 heavy (non-hydrogen) atoms. The number of piperidine rings is 1. The number of aryl methyl sites for hydroxylation is 1. The Kier molecular flexibility index (Phi) is 6.50. The van der Waals surface area contributed by atoms with Gasteiger partial charge in [-0.25, -0.2) is 0 Å². The number of benzene rings is 2. The Morgan fingerprint density at radius 1 is 1.12 bits per heavy atom. The van der Waals surface area contributed by atoms with E-state index in [4.69, 9.17) is 5.26 Å². The second-order valence-corrected chi connectivity index (χ2v) is 9.21. The van der Waals surface area contributed by atoms with Crippen LogP contribution in [0, 0.1) is 24.2 Å². The molecule has 5 nitrogen and oxygen atoms in total. The fraction of sp³-hybridized carbons (Fsp3) is 0.407. The highest BCUT2D eigenvalue weighted by Crippen LogP contribution is 2.29. The van der Waals surface area contributed by atoms with Gasteiger partial charge in [0.15, 0.2) is 0 Å². The van der Waals surface area contributed by atoms with E-state index in [2.05, 4.69) is 37.0 Å². The summed E-state index contributed by atoms with van der Waals surface area (Å²) < 4.78 is 0. The van der Waals surface area contributed by atoms with Crippen LogP contribution < -0.4 is 0 Å². The lowest BCUT2D eigenvalue weighted by atomic mass is 9.88. The highest BCUT2D eigenvalue weighted by atomic mass is 16.2. The second-order valence-electron chi connectivity index (χ2n) is 9.21. The van der Waals surface area contributed by atoms with Crippen LogP contribution >= 0.6 is 0 Å². The Hall–Kier alpha value is -3.26. The predicted octanol–water partition coefficient (Wildman–Crippen LogP) is 5.29. The quantitative estimate of drug-likeness (QED) is 0.652. The molecule has 1 amide bonds. The third-order valence-electron chi connectivity index (χ3n) is 6.66. The van der Waals surface area contributed by atoms with Crippen LogP contribution in [0.25, 0.3) is 0 Å². The van der Waals surface area contributed by atoms with Crippen LogP contribution in [-0.4, -0.2) is 35.3 Å². The number of hydrogen-bond donors (Lipinski definition) is 0. The molecule has 2 aromatic rings. The minimum absolute atomic E-state index is 0.108. The lowest BCUT2D eigenvalue weighted by Crippen LogP contribution is -2.38. The number of hydrogen-bond acceptors (Lipinski definition) is 4. The van der Waals surface area contributed by atoms with E-state index < -0.39 is 0 Å². The summed E-state index contributed by atoms with van der Waals surface area (Å²) >= 11 is 0. The molecule has 0 aliphatic carbocycles. The fourth-order valence-electron chi connectivity index (χ4n) is 4.48. The third kappa shape index (κ3) is 4.80. The van der Waals surface area contributed by atoms with E-state index in [-0.39, 0.29) is 5.91 Å². The summed E-state index contributed by atoms with van der Waals surface area (Å²) in [6.45, 7) is 7.89. The molecular formula is C27H30N4O. The van der Waals surface area contributed by atoms with Gasteiger partial charge in [0.2, 0.25) is 0 Å². The number of nitrogens with zero attached hydrogens (tertiary/aromatic N) is 4. The molecule has 0 radical (unpaired) electrons. The number of amides is 1. The molecule has 1 saturated heterocycles. The zero-order valence-corrected chi connectivity index (χ0v) is 19.1. The Morgan fingerprint density at radius 2 is 1.84 bits per heavy atom. The summed E-state index contributed by atoms with van der Waals surface area (Å²) in [5.41, 5.74) is 7.25. The SMILES string of the molecule is Cc1ccc(C(=O)N2CCC(c3ccc(C#N)cc3)CC2)cc1CC1=NN=C(C(C)C)C1. The Bertz CT molecular complexity index is 1100. The Balaban J connectivity index is 1.38. The molecule has 0 unspecified atom stereocenters. The van der Waals surface area contributed by atoms with E-state index in [0.29, 0.717) is 17.4 Å². The van der Waals surface area contributed by atoms with Crippen LogP contribution in [0.2, 0.25) is 0 Å². The van der Waals surface area contributed by atoms with Crippen LogP contribution in [0.3, 0.4) is 0 Å². The fourth-order valence-corrected chi connectivity index (χ4v) is 4.48. The van der Waals surface area contributed by atoms with Crippen LogP contribution in [-0.2, 0) is 6.42 Å². The van der Waals surface area contributed by atoms with Gasteiger partial charge in [0.05, 0.1) is 17.3 Å². The van der Waals surface area contributed by atoms with Crippen molar-refractivity contribution in [1.82, 2.24) is 4.90 Å². The molecule has 5 heteroatoms. The molecule has 2 aromatic carbocycles. The Morgan fingerprint density at radius 3 is 2.47 bits per heavy atom. The average molecular weight is 427 g/mol. The van der Waals surface area contributed by atoms with Gasteiger partial charge >= 0.3 is 0 Å². The van der Waals surface area contributed by atoms with Gasteiger partial charge in [-0.3, -0.25) is 4.79 Å². The highest BCUT2D eigenvalue weighted by Gasteiger charge is 2.25. The maximum absolute atomic E-state index is 13.2.